The molecule has 3 nitrogen and oxygen atoms in total. The van der Waals surface area contributed by atoms with E-state index in [0.717, 1.165) is 16.7 Å². The van der Waals surface area contributed by atoms with Gasteiger partial charge in [-0.3, -0.25) is 0 Å². The molecule has 5 aromatic carbocycles. The van der Waals surface area contributed by atoms with Gasteiger partial charge in [-0.25, -0.2) is 15.0 Å². The third-order valence-corrected chi connectivity index (χ3v) is 9.64. The quantitative estimate of drug-likeness (QED) is 0.218. The molecule has 2 aliphatic carbocycles. The molecule has 0 N–H and O–H groups in total. The first-order valence-electron chi connectivity index (χ1n) is 15.1. The zero-order valence-corrected chi connectivity index (χ0v) is 25.2. The number of rotatable bonds is 3. The van der Waals surface area contributed by atoms with E-state index >= 15 is 0 Å². The molecule has 3 heteroatoms. The maximum Gasteiger partial charge on any atom is 0.164 e. The Morgan fingerprint density at radius 2 is 0.791 bits per heavy atom. The third-order valence-electron chi connectivity index (χ3n) is 9.64. The van der Waals surface area contributed by atoms with Crippen LogP contribution in [0.3, 0.4) is 0 Å². The highest BCUT2D eigenvalue weighted by Gasteiger charge is 2.38. The van der Waals surface area contributed by atoms with Crippen LogP contribution < -0.4 is 0 Å². The molecule has 0 bridgehead atoms. The normalized spacial score (nSPS) is 15.0. The number of hydrogen-bond acceptors (Lipinski definition) is 3. The molecule has 1 heterocycles. The first-order valence-corrected chi connectivity index (χ1v) is 15.1. The van der Waals surface area contributed by atoms with Gasteiger partial charge in [-0.2, -0.15) is 0 Å². The largest absolute Gasteiger partial charge is 0.208 e. The van der Waals surface area contributed by atoms with Crippen LogP contribution in [0.15, 0.2) is 109 Å². The van der Waals surface area contributed by atoms with E-state index in [4.69, 9.17) is 15.0 Å². The van der Waals surface area contributed by atoms with Crippen LogP contribution in [0.1, 0.15) is 55.5 Å². The Kier molecular flexibility index (Phi) is 5.43. The van der Waals surface area contributed by atoms with Crippen molar-refractivity contribution in [1.82, 2.24) is 15.0 Å². The van der Waals surface area contributed by atoms with Gasteiger partial charge >= 0.3 is 0 Å². The lowest BCUT2D eigenvalue weighted by Crippen LogP contribution is -2.15. The number of aryl methyl sites for hydroxylation is 1. The van der Waals surface area contributed by atoms with E-state index in [1.54, 1.807) is 0 Å². The Morgan fingerprint density at radius 3 is 1.28 bits per heavy atom. The van der Waals surface area contributed by atoms with Crippen molar-refractivity contribution in [1.29, 1.82) is 0 Å². The first kappa shape index (κ1) is 25.8. The second-order valence-corrected chi connectivity index (χ2v) is 13.0. The van der Waals surface area contributed by atoms with Gasteiger partial charge in [-0.05, 0) is 51.4 Å². The van der Waals surface area contributed by atoms with Gasteiger partial charge in [0.05, 0.1) is 0 Å². The molecule has 0 aliphatic heterocycles. The fraction of sp³-hybridized carbons (Fsp3) is 0.175. The van der Waals surface area contributed by atoms with Crippen molar-refractivity contribution in [2.45, 2.75) is 45.4 Å². The summed E-state index contributed by atoms with van der Waals surface area (Å²) in [5.74, 6) is 2.09. The number of nitrogens with zero attached hydrogens (tertiary/aromatic N) is 3. The number of aromatic nitrogens is 3. The number of hydrogen-bond donors (Lipinski definition) is 0. The van der Waals surface area contributed by atoms with Crippen molar-refractivity contribution in [3.8, 4) is 56.4 Å². The zero-order chi connectivity index (χ0) is 29.5. The monoisotopic (exact) mass is 555 g/mol. The molecule has 0 atom stereocenters. The lowest BCUT2D eigenvalue weighted by molar-refractivity contribution is 0.660. The highest BCUT2D eigenvalue weighted by molar-refractivity contribution is 5.93. The molecule has 0 amide bonds. The molecule has 2 aliphatic rings. The summed E-state index contributed by atoms with van der Waals surface area (Å²) in [7, 11) is 0. The molecule has 0 saturated carbocycles. The SMILES string of the molecule is Cc1ccc(-c2nc(-c3cccc4c3-c3ccccc3C4(C)C)nc(-c3cccc4c3-c3ccccc3C4(C)C)n2)cc1. The Morgan fingerprint density at radius 1 is 0.395 bits per heavy atom. The molecule has 8 rings (SSSR count). The minimum Gasteiger partial charge on any atom is -0.208 e. The summed E-state index contributed by atoms with van der Waals surface area (Å²) >= 11 is 0. The smallest absolute Gasteiger partial charge is 0.164 e. The average Bonchev–Trinajstić information content (AvgIpc) is 3.41. The molecule has 0 spiro atoms. The van der Waals surface area contributed by atoms with Gasteiger partial charge in [0.2, 0.25) is 0 Å². The summed E-state index contributed by atoms with van der Waals surface area (Å²) in [5, 5.41) is 0. The highest BCUT2D eigenvalue weighted by atomic mass is 15.0. The van der Waals surface area contributed by atoms with Crippen molar-refractivity contribution in [2.24, 2.45) is 0 Å². The van der Waals surface area contributed by atoms with Gasteiger partial charge in [-0.15, -0.1) is 0 Å². The van der Waals surface area contributed by atoms with Gasteiger partial charge < -0.3 is 0 Å². The summed E-state index contributed by atoms with van der Waals surface area (Å²) < 4.78 is 0. The molecular formula is C40H33N3. The minimum absolute atomic E-state index is 0.104. The van der Waals surface area contributed by atoms with E-state index < -0.39 is 0 Å². The minimum atomic E-state index is -0.104. The highest BCUT2D eigenvalue weighted by Crippen LogP contribution is 2.53. The summed E-state index contributed by atoms with van der Waals surface area (Å²) in [4.78, 5) is 15.6. The van der Waals surface area contributed by atoms with Crippen LogP contribution in [-0.2, 0) is 10.8 Å². The molecule has 6 aromatic rings. The van der Waals surface area contributed by atoms with E-state index in [2.05, 4.69) is 144 Å². The Bertz CT molecular complexity index is 1960. The van der Waals surface area contributed by atoms with Gasteiger partial charge in [0.25, 0.3) is 0 Å². The van der Waals surface area contributed by atoms with Crippen molar-refractivity contribution < 1.29 is 0 Å². The first-order chi connectivity index (χ1) is 20.7. The third kappa shape index (κ3) is 3.71. The van der Waals surface area contributed by atoms with Crippen LogP contribution in [-0.4, -0.2) is 15.0 Å². The molecule has 208 valence electrons. The van der Waals surface area contributed by atoms with Crippen LogP contribution >= 0.6 is 0 Å². The van der Waals surface area contributed by atoms with Crippen molar-refractivity contribution in [2.75, 3.05) is 0 Å². The average molecular weight is 556 g/mol. The fourth-order valence-corrected chi connectivity index (χ4v) is 7.33. The predicted molar refractivity (Wildman–Crippen MR) is 176 cm³/mol. The summed E-state index contributed by atoms with van der Waals surface area (Å²) in [6.45, 7) is 11.3. The Labute approximate surface area is 253 Å². The predicted octanol–water partition coefficient (Wildman–Crippen LogP) is 9.79. The maximum atomic E-state index is 5.29. The molecule has 0 unspecified atom stereocenters. The molecule has 0 radical (unpaired) electrons. The fourth-order valence-electron chi connectivity index (χ4n) is 7.33. The van der Waals surface area contributed by atoms with Crippen LogP contribution in [0.2, 0.25) is 0 Å². The molecular weight excluding hydrogens is 522 g/mol. The second-order valence-electron chi connectivity index (χ2n) is 13.0. The Balaban J connectivity index is 1.42. The lowest BCUT2D eigenvalue weighted by atomic mass is 9.82. The van der Waals surface area contributed by atoms with Crippen LogP contribution in [0.5, 0.6) is 0 Å². The Hall–Kier alpha value is -4.89. The number of fused-ring (bicyclic) bond motifs is 6. The van der Waals surface area contributed by atoms with E-state index in [0.29, 0.717) is 17.5 Å². The number of benzene rings is 5. The zero-order valence-electron chi connectivity index (χ0n) is 25.2. The molecule has 43 heavy (non-hydrogen) atoms. The van der Waals surface area contributed by atoms with Gasteiger partial charge in [-0.1, -0.05) is 142 Å². The van der Waals surface area contributed by atoms with Gasteiger partial charge in [0.1, 0.15) is 0 Å². The van der Waals surface area contributed by atoms with Gasteiger partial charge in [0.15, 0.2) is 17.5 Å². The van der Waals surface area contributed by atoms with Crippen molar-refractivity contribution in [3.05, 3.63) is 137 Å². The summed E-state index contributed by atoms with van der Waals surface area (Å²) in [5.41, 5.74) is 14.3. The van der Waals surface area contributed by atoms with E-state index in [9.17, 15) is 0 Å². The van der Waals surface area contributed by atoms with Crippen molar-refractivity contribution >= 4 is 0 Å². The molecule has 0 fully saturated rings. The molecule has 1 aromatic heterocycles. The summed E-state index contributed by atoms with van der Waals surface area (Å²) in [6.07, 6.45) is 0. The van der Waals surface area contributed by atoms with E-state index in [1.807, 2.05) is 0 Å². The topological polar surface area (TPSA) is 38.7 Å². The summed E-state index contributed by atoms with van der Waals surface area (Å²) in [6, 6.07) is 39.1. The van der Waals surface area contributed by atoms with E-state index in [1.165, 1.54) is 50.1 Å². The van der Waals surface area contributed by atoms with Crippen LogP contribution in [0.25, 0.3) is 56.4 Å². The van der Waals surface area contributed by atoms with E-state index in [-0.39, 0.29) is 10.8 Å². The van der Waals surface area contributed by atoms with Gasteiger partial charge in [0, 0.05) is 27.5 Å². The lowest BCUT2D eigenvalue weighted by Gasteiger charge is -2.21. The molecule has 0 saturated heterocycles. The standard InChI is InChI=1S/C40H33N3/c1-24-20-22-25(23-21-24)36-41-37(28-14-10-18-32-34(28)26-12-6-8-16-30(26)39(32,2)3)43-38(42-36)29-15-11-19-33-35(29)27-13-7-9-17-31(27)40(33,4)5/h6-23H,1-5H3. The van der Waals surface area contributed by atoms with Crippen LogP contribution in [0.4, 0.5) is 0 Å². The van der Waals surface area contributed by atoms with Crippen LogP contribution in [0, 0.1) is 6.92 Å². The maximum absolute atomic E-state index is 5.29. The second kappa shape index (κ2) is 9.05. The van der Waals surface area contributed by atoms with Crippen molar-refractivity contribution in [3.63, 3.8) is 0 Å².